The van der Waals surface area contributed by atoms with E-state index in [0.29, 0.717) is 12.5 Å². The van der Waals surface area contributed by atoms with Crippen LogP contribution in [0.2, 0.25) is 0 Å². The van der Waals surface area contributed by atoms with E-state index in [4.69, 9.17) is 9.47 Å². The number of benzene rings is 1. The molecular weight excluding hydrogens is 292 g/mol. The van der Waals surface area contributed by atoms with Gasteiger partial charge in [-0.05, 0) is 31.2 Å². The van der Waals surface area contributed by atoms with E-state index in [0.717, 1.165) is 33.8 Å². The lowest BCUT2D eigenvalue weighted by atomic mass is 10.2. The molecule has 0 unspecified atom stereocenters. The summed E-state index contributed by atoms with van der Waals surface area (Å²) < 4.78 is 10.6. The van der Waals surface area contributed by atoms with Gasteiger partial charge in [0.25, 0.3) is 0 Å². The van der Waals surface area contributed by atoms with Gasteiger partial charge in [0.2, 0.25) is 5.95 Å². The van der Waals surface area contributed by atoms with Crippen molar-refractivity contribution in [2.75, 3.05) is 19.5 Å². The summed E-state index contributed by atoms with van der Waals surface area (Å²) in [5, 5.41) is 3.24. The van der Waals surface area contributed by atoms with E-state index >= 15 is 0 Å². The largest absolute Gasteiger partial charge is 0.497 e. The van der Waals surface area contributed by atoms with Crippen LogP contribution in [-0.4, -0.2) is 29.2 Å². The number of nitrogens with zero attached hydrogens (tertiary/aromatic N) is 3. The predicted octanol–water partition coefficient (Wildman–Crippen LogP) is 2.96. The quantitative estimate of drug-likeness (QED) is 0.781. The maximum atomic E-state index is 5.40. The highest BCUT2D eigenvalue weighted by Crippen LogP contribution is 2.25. The first kappa shape index (κ1) is 15.0. The molecule has 118 valence electrons. The highest BCUT2D eigenvalue weighted by Gasteiger charge is 2.08. The van der Waals surface area contributed by atoms with E-state index in [1.54, 1.807) is 20.4 Å². The lowest BCUT2D eigenvalue weighted by molar-refractivity contribution is 0.391. The highest BCUT2D eigenvalue weighted by molar-refractivity contribution is 5.77. The first-order valence-corrected chi connectivity index (χ1v) is 7.25. The Hall–Kier alpha value is -2.89. The van der Waals surface area contributed by atoms with Crippen LogP contribution in [0.25, 0.3) is 11.0 Å². The molecule has 0 bridgehead atoms. The lowest BCUT2D eigenvalue weighted by Crippen LogP contribution is -2.06. The van der Waals surface area contributed by atoms with Crippen molar-refractivity contribution in [2.45, 2.75) is 13.5 Å². The van der Waals surface area contributed by atoms with Crippen molar-refractivity contribution < 1.29 is 9.47 Å². The summed E-state index contributed by atoms with van der Waals surface area (Å²) in [6.07, 6.45) is 1.74. The van der Waals surface area contributed by atoms with Crippen LogP contribution in [0.5, 0.6) is 11.5 Å². The maximum absolute atomic E-state index is 5.40. The Bertz CT molecular complexity index is 836. The third-order valence-electron chi connectivity index (χ3n) is 3.56. The second-order valence-electron chi connectivity index (χ2n) is 5.04. The monoisotopic (exact) mass is 310 g/mol. The summed E-state index contributed by atoms with van der Waals surface area (Å²) in [6.45, 7) is 2.48. The van der Waals surface area contributed by atoms with Crippen LogP contribution in [-0.2, 0) is 6.54 Å². The molecule has 0 aliphatic carbocycles. The second kappa shape index (κ2) is 6.48. The van der Waals surface area contributed by atoms with E-state index in [-0.39, 0.29) is 0 Å². The number of anilines is 1. The first-order valence-electron chi connectivity index (χ1n) is 7.25. The minimum absolute atomic E-state index is 0.554. The van der Waals surface area contributed by atoms with E-state index in [2.05, 4.69) is 20.3 Å². The molecule has 3 aromatic rings. The molecule has 0 atom stereocenters. The van der Waals surface area contributed by atoms with Crippen LogP contribution in [0.15, 0.2) is 36.5 Å². The molecule has 0 radical (unpaired) electrons. The zero-order chi connectivity index (χ0) is 16.2. The zero-order valence-electron chi connectivity index (χ0n) is 13.3. The van der Waals surface area contributed by atoms with Gasteiger partial charge in [0, 0.05) is 24.4 Å². The van der Waals surface area contributed by atoms with Crippen molar-refractivity contribution in [1.29, 1.82) is 0 Å². The Morgan fingerprint density at radius 2 is 1.96 bits per heavy atom. The van der Waals surface area contributed by atoms with Gasteiger partial charge < -0.3 is 14.8 Å². The number of hydrogen-bond acceptors (Lipinski definition) is 6. The molecule has 0 saturated heterocycles. The number of aryl methyl sites for hydroxylation is 1. The Morgan fingerprint density at radius 1 is 1.09 bits per heavy atom. The number of ether oxygens (including phenoxy) is 2. The minimum Gasteiger partial charge on any atom is -0.497 e. The number of aromatic nitrogens is 3. The molecule has 1 N–H and O–H groups in total. The Kier molecular flexibility index (Phi) is 4.23. The van der Waals surface area contributed by atoms with Crippen molar-refractivity contribution in [3.05, 3.63) is 47.8 Å². The Balaban J connectivity index is 1.83. The van der Waals surface area contributed by atoms with E-state index in [1.807, 2.05) is 37.3 Å². The summed E-state index contributed by atoms with van der Waals surface area (Å²) in [5.74, 6) is 2.09. The Labute approximate surface area is 134 Å². The van der Waals surface area contributed by atoms with E-state index < -0.39 is 0 Å². The normalized spacial score (nSPS) is 10.6. The SMILES string of the molecule is COc1ccc(CNc2nc(C)c3ncccc3n2)c(OC)c1. The highest BCUT2D eigenvalue weighted by atomic mass is 16.5. The minimum atomic E-state index is 0.554. The topological polar surface area (TPSA) is 69.2 Å². The van der Waals surface area contributed by atoms with Gasteiger partial charge >= 0.3 is 0 Å². The molecule has 0 amide bonds. The van der Waals surface area contributed by atoms with Crippen molar-refractivity contribution in [3.8, 4) is 11.5 Å². The number of pyridine rings is 1. The standard InChI is InChI=1S/C17H18N4O2/c1-11-16-14(5-4-8-18-16)21-17(20-11)19-10-12-6-7-13(22-2)9-15(12)23-3/h4-9H,10H2,1-3H3,(H,19,20,21). The molecule has 2 heterocycles. The van der Waals surface area contributed by atoms with Crippen LogP contribution in [0.4, 0.5) is 5.95 Å². The van der Waals surface area contributed by atoms with Crippen molar-refractivity contribution in [3.63, 3.8) is 0 Å². The lowest BCUT2D eigenvalue weighted by Gasteiger charge is -2.12. The van der Waals surface area contributed by atoms with Crippen LogP contribution in [0.1, 0.15) is 11.3 Å². The molecule has 0 saturated carbocycles. The number of methoxy groups -OCH3 is 2. The third-order valence-corrected chi connectivity index (χ3v) is 3.56. The Morgan fingerprint density at radius 3 is 2.74 bits per heavy atom. The van der Waals surface area contributed by atoms with Gasteiger partial charge in [-0.15, -0.1) is 0 Å². The average Bonchev–Trinajstić information content (AvgIpc) is 2.60. The molecule has 0 fully saturated rings. The molecule has 6 heteroatoms. The summed E-state index contributed by atoms with van der Waals surface area (Å²) in [4.78, 5) is 13.2. The summed E-state index contributed by atoms with van der Waals surface area (Å²) in [6, 6.07) is 9.50. The summed E-state index contributed by atoms with van der Waals surface area (Å²) in [7, 11) is 3.27. The molecule has 2 aromatic heterocycles. The van der Waals surface area contributed by atoms with Gasteiger partial charge in [-0.1, -0.05) is 0 Å². The maximum Gasteiger partial charge on any atom is 0.223 e. The molecule has 3 rings (SSSR count). The fraction of sp³-hybridized carbons (Fsp3) is 0.235. The molecule has 0 aliphatic rings. The van der Waals surface area contributed by atoms with Crippen molar-refractivity contribution >= 4 is 17.0 Å². The van der Waals surface area contributed by atoms with Crippen LogP contribution in [0, 0.1) is 6.92 Å². The molecule has 0 aliphatic heterocycles. The summed E-state index contributed by atoms with van der Waals surface area (Å²) >= 11 is 0. The van der Waals surface area contributed by atoms with Crippen LogP contribution in [0.3, 0.4) is 0 Å². The van der Waals surface area contributed by atoms with Gasteiger partial charge in [0.1, 0.15) is 17.0 Å². The number of hydrogen-bond donors (Lipinski definition) is 1. The average molecular weight is 310 g/mol. The van der Waals surface area contributed by atoms with Crippen LogP contribution >= 0.6 is 0 Å². The predicted molar refractivity (Wildman–Crippen MR) is 88.9 cm³/mol. The fourth-order valence-corrected chi connectivity index (χ4v) is 2.37. The summed E-state index contributed by atoms with van der Waals surface area (Å²) in [5.41, 5.74) is 3.49. The number of fused-ring (bicyclic) bond motifs is 1. The number of nitrogens with one attached hydrogen (secondary N) is 1. The molecule has 23 heavy (non-hydrogen) atoms. The van der Waals surface area contributed by atoms with Crippen molar-refractivity contribution in [1.82, 2.24) is 15.0 Å². The smallest absolute Gasteiger partial charge is 0.223 e. The number of rotatable bonds is 5. The first-order chi connectivity index (χ1) is 11.2. The van der Waals surface area contributed by atoms with Gasteiger partial charge in [-0.2, -0.15) is 0 Å². The van der Waals surface area contributed by atoms with Crippen molar-refractivity contribution in [2.24, 2.45) is 0 Å². The van der Waals surface area contributed by atoms with Gasteiger partial charge in [0.05, 0.1) is 25.4 Å². The third kappa shape index (κ3) is 3.15. The second-order valence-corrected chi connectivity index (χ2v) is 5.04. The molecule has 1 aromatic carbocycles. The van der Waals surface area contributed by atoms with E-state index in [1.165, 1.54) is 0 Å². The van der Waals surface area contributed by atoms with Gasteiger partial charge in [-0.3, -0.25) is 4.98 Å². The molecule has 0 spiro atoms. The van der Waals surface area contributed by atoms with Gasteiger partial charge in [0.15, 0.2) is 0 Å². The molecule has 6 nitrogen and oxygen atoms in total. The van der Waals surface area contributed by atoms with E-state index in [9.17, 15) is 0 Å². The van der Waals surface area contributed by atoms with Crippen LogP contribution < -0.4 is 14.8 Å². The zero-order valence-corrected chi connectivity index (χ0v) is 13.3. The molecular formula is C17H18N4O2. The van der Waals surface area contributed by atoms with Gasteiger partial charge in [-0.25, -0.2) is 9.97 Å². The fourth-order valence-electron chi connectivity index (χ4n) is 2.37.